The summed E-state index contributed by atoms with van der Waals surface area (Å²) >= 11 is 0. The van der Waals surface area contributed by atoms with Gasteiger partial charge in [-0.25, -0.2) is 9.59 Å². The average molecular weight is 495 g/mol. The number of carboxylic acids is 2. The third-order valence-electron chi connectivity index (χ3n) is 5.25. The maximum Gasteiger partial charge on any atom is 0.490 e. The fraction of sp³-hybridized carbons (Fsp3) is 0.375. The number of unbranched alkanes of at least 4 members (excludes halogenated alkanes) is 1. The number of carbonyl (C=O) groups is 3. The van der Waals surface area contributed by atoms with Gasteiger partial charge in [-0.1, -0.05) is 31.5 Å². The normalized spacial score (nSPS) is 13.5. The lowest BCUT2D eigenvalue weighted by Crippen LogP contribution is -2.47. The average Bonchev–Trinajstić information content (AvgIpc) is 2.83. The van der Waals surface area contributed by atoms with Crippen LogP contribution in [0.25, 0.3) is 0 Å². The van der Waals surface area contributed by atoms with Crippen LogP contribution in [-0.4, -0.2) is 60.4 Å². The molecule has 2 aromatic rings. The summed E-state index contributed by atoms with van der Waals surface area (Å²) < 4.78 is 31.7. The van der Waals surface area contributed by atoms with Crippen LogP contribution in [-0.2, 0) is 9.59 Å². The molecule has 0 bridgehead atoms. The molecule has 1 fully saturated rings. The van der Waals surface area contributed by atoms with Gasteiger partial charge in [0.1, 0.15) is 0 Å². The van der Waals surface area contributed by atoms with Crippen LogP contribution in [0.3, 0.4) is 0 Å². The summed E-state index contributed by atoms with van der Waals surface area (Å²) in [5.74, 6) is -3.82. The van der Waals surface area contributed by atoms with E-state index in [9.17, 15) is 27.9 Å². The molecule has 1 heterocycles. The first-order valence-corrected chi connectivity index (χ1v) is 11.0. The number of nitrogens with one attached hydrogen (secondary N) is 1. The molecule has 2 aromatic carbocycles. The van der Waals surface area contributed by atoms with Crippen LogP contribution in [0, 0.1) is 0 Å². The number of hydrogen-bond acceptors (Lipinski definition) is 5. The molecule has 35 heavy (non-hydrogen) atoms. The van der Waals surface area contributed by atoms with Crippen molar-refractivity contribution >= 4 is 34.9 Å². The number of carbonyl (C=O) groups excluding carboxylic acids is 1. The van der Waals surface area contributed by atoms with E-state index in [4.69, 9.17) is 9.90 Å². The zero-order chi connectivity index (χ0) is 26.0. The highest BCUT2D eigenvalue weighted by atomic mass is 19.4. The minimum atomic E-state index is -5.08. The zero-order valence-electron chi connectivity index (χ0n) is 19.2. The number of carboxylic acid groups (broad SMARTS) is 2. The van der Waals surface area contributed by atoms with E-state index in [-0.39, 0.29) is 11.5 Å². The molecule has 0 aromatic heterocycles. The van der Waals surface area contributed by atoms with Crippen molar-refractivity contribution in [1.29, 1.82) is 0 Å². The van der Waals surface area contributed by atoms with Gasteiger partial charge in [0.25, 0.3) is 0 Å². The lowest BCUT2D eigenvalue weighted by atomic mass is 10.1. The Morgan fingerprint density at radius 1 is 0.943 bits per heavy atom. The first kappa shape index (κ1) is 27.5. The van der Waals surface area contributed by atoms with E-state index in [1.807, 2.05) is 25.1 Å². The minimum Gasteiger partial charge on any atom is -0.478 e. The molecule has 0 spiro atoms. The van der Waals surface area contributed by atoms with Gasteiger partial charge >= 0.3 is 18.1 Å². The second-order valence-electron chi connectivity index (χ2n) is 7.80. The van der Waals surface area contributed by atoms with E-state index in [0.717, 1.165) is 39.0 Å². The highest BCUT2D eigenvalue weighted by Gasteiger charge is 2.38. The van der Waals surface area contributed by atoms with Crippen molar-refractivity contribution < 1.29 is 37.8 Å². The molecular formula is C24H28F3N3O5. The molecule has 8 nitrogen and oxygen atoms in total. The molecule has 190 valence electrons. The Morgan fingerprint density at radius 3 is 2.03 bits per heavy atom. The maximum atomic E-state index is 11.9. The van der Waals surface area contributed by atoms with E-state index in [2.05, 4.69) is 27.2 Å². The number of alkyl halides is 3. The van der Waals surface area contributed by atoms with Crippen molar-refractivity contribution in [2.75, 3.05) is 41.3 Å². The summed E-state index contributed by atoms with van der Waals surface area (Å²) in [5.41, 5.74) is 2.64. The van der Waals surface area contributed by atoms with Gasteiger partial charge in [0.05, 0.1) is 11.3 Å². The number of anilines is 3. The molecule has 3 N–H and O–H groups in total. The van der Waals surface area contributed by atoms with Crippen molar-refractivity contribution in [3.05, 3.63) is 54.1 Å². The lowest BCUT2D eigenvalue weighted by Gasteiger charge is -2.38. The van der Waals surface area contributed by atoms with Crippen LogP contribution in [0.15, 0.2) is 48.5 Å². The van der Waals surface area contributed by atoms with Gasteiger partial charge in [-0.15, -0.1) is 0 Å². The monoisotopic (exact) mass is 495 g/mol. The fourth-order valence-corrected chi connectivity index (χ4v) is 3.47. The largest absolute Gasteiger partial charge is 0.490 e. The highest BCUT2D eigenvalue weighted by molar-refractivity contribution is 5.98. The number of para-hydroxylation sites is 1. The van der Waals surface area contributed by atoms with Gasteiger partial charge in [-0.05, 0) is 36.8 Å². The number of hydrogen-bond donors (Lipinski definition) is 3. The molecule has 0 unspecified atom stereocenters. The second kappa shape index (κ2) is 12.6. The van der Waals surface area contributed by atoms with E-state index >= 15 is 0 Å². The van der Waals surface area contributed by atoms with E-state index in [0.29, 0.717) is 17.8 Å². The summed E-state index contributed by atoms with van der Waals surface area (Å²) in [6.07, 6.45) is -2.87. The summed E-state index contributed by atoms with van der Waals surface area (Å²) in [7, 11) is 0. The van der Waals surface area contributed by atoms with Crippen molar-refractivity contribution in [2.45, 2.75) is 32.4 Å². The highest BCUT2D eigenvalue weighted by Crippen LogP contribution is 2.27. The van der Waals surface area contributed by atoms with Crippen LogP contribution in [0.1, 0.15) is 36.5 Å². The van der Waals surface area contributed by atoms with Crippen LogP contribution in [0.5, 0.6) is 0 Å². The van der Waals surface area contributed by atoms with Crippen LogP contribution < -0.4 is 15.1 Å². The van der Waals surface area contributed by atoms with Crippen molar-refractivity contribution in [1.82, 2.24) is 0 Å². The zero-order valence-corrected chi connectivity index (χ0v) is 19.2. The Morgan fingerprint density at radius 2 is 1.51 bits per heavy atom. The molecule has 1 aliphatic rings. The molecule has 0 atom stereocenters. The predicted molar refractivity (Wildman–Crippen MR) is 126 cm³/mol. The lowest BCUT2D eigenvalue weighted by molar-refractivity contribution is -0.192. The first-order chi connectivity index (χ1) is 16.5. The summed E-state index contributed by atoms with van der Waals surface area (Å²) in [6, 6.07) is 15.4. The third-order valence-corrected chi connectivity index (χ3v) is 5.25. The second-order valence-corrected chi connectivity index (χ2v) is 7.80. The minimum absolute atomic E-state index is 0.0811. The molecule has 0 saturated carbocycles. The van der Waals surface area contributed by atoms with Gasteiger partial charge < -0.3 is 25.3 Å². The molecule has 1 aliphatic heterocycles. The number of nitrogens with zero attached hydrogens (tertiary/aromatic N) is 2. The van der Waals surface area contributed by atoms with Gasteiger partial charge in [-0.3, -0.25) is 4.79 Å². The number of aromatic carboxylic acids is 1. The van der Waals surface area contributed by atoms with Crippen LogP contribution >= 0.6 is 0 Å². The van der Waals surface area contributed by atoms with E-state index < -0.39 is 18.1 Å². The third kappa shape index (κ3) is 8.51. The Balaban J connectivity index is 0.000000540. The molecule has 1 saturated heterocycles. The van der Waals surface area contributed by atoms with Crippen LogP contribution in [0.4, 0.5) is 30.2 Å². The summed E-state index contributed by atoms with van der Waals surface area (Å²) in [6.45, 7) is 5.19. The van der Waals surface area contributed by atoms with E-state index in [1.54, 1.807) is 18.2 Å². The standard InChI is InChI=1S/C22H27N3O3.C2HF3O2/c1-2-3-9-21(26)23-17-10-11-20(19(16-17)22(27)28)25-14-12-24(13-15-25)18-7-5-4-6-8-18;3-2(4,5)1(6)7/h4-8,10-11,16H,2-3,9,12-15H2,1H3,(H,23,26)(H,27,28);(H,6,7). The number of amides is 1. The molecule has 3 rings (SSSR count). The summed E-state index contributed by atoms with van der Waals surface area (Å²) in [4.78, 5) is 37.0. The first-order valence-electron chi connectivity index (χ1n) is 11.0. The van der Waals surface area contributed by atoms with Gasteiger partial charge in [0.15, 0.2) is 0 Å². The van der Waals surface area contributed by atoms with Crippen LogP contribution in [0.2, 0.25) is 0 Å². The molecule has 1 amide bonds. The maximum absolute atomic E-state index is 11.9. The van der Waals surface area contributed by atoms with Gasteiger partial charge in [-0.2, -0.15) is 13.2 Å². The van der Waals surface area contributed by atoms with Crippen molar-refractivity contribution in [2.24, 2.45) is 0 Å². The Bertz CT molecular complexity index is 1010. The number of rotatable bonds is 7. The molecule has 0 aliphatic carbocycles. The Labute approximate surface area is 201 Å². The van der Waals surface area contributed by atoms with Gasteiger partial charge in [0, 0.05) is 44.0 Å². The number of halogens is 3. The number of benzene rings is 2. The topological polar surface area (TPSA) is 110 Å². The summed E-state index contributed by atoms with van der Waals surface area (Å²) in [5, 5.41) is 19.6. The number of aliphatic carboxylic acids is 1. The van der Waals surface area contributed by atoms with Crippen molar-refractivity contribution in [3.8, 4) is 0 Å². The predicted octanol–water partition coefficient (Wildman–Crippen LogP) is 4.47. The SMILES string of the molecule is CCCCC(=O)Nc1ccc(N2CCN(c3ccccc3)CC2)c(C(=O)O)c1.O=C(O)C(F)(F)F. The quantitative estimate of drug-likeness (QED) is 0.520. The smallest absolute Gasteiger partial charge is 0.478 e. The number of piperazine rings is 1. The Kier molecular flexibility index (Phi) is 9.92. The Hall–Kier alpha value is -3.76. The molecule has 0 radical (unpaired) electrons. The van der Waals surface area contributed by atoms with Gasteiger partial charge in [0.2, 0.25) is 5.91 Å². The van der Waals surface area contributed by atoms with Crippen molar-refractivity contribution in [3.63, 3.8) is 0 Å². The molecule has 11 heteroatoms. The van der Waals surface area contributed by atoms with E-state index in [1.165, 1.54) is 5.69 Å². The molecular weight excluding hydrogens is 467 g/mol. The fourth-order valence-electron chi connectivity index (χ4n) is 3.47.